The minimum atomic E-state index is -0.892. The molecule has 4 N–H and O–H groups in total. The van der Waals surface area contributed by atoms with E-state index < -0.39 is 31.6 Å². The van der Waals surface area contributed by atoms with E-state index in [9.17, 15) is 9.18 Å². The number of carbonyl (C=O) groups is 1. The number of aliphatic hydroxyl groups is 1. The molecule has 0 aromatic rings. The van der Waals surface area contributed by atoms with Crippen LogP contribution in [0.2, 0.25) is 0 Å². The van der Waals surface area contributed by atoms with E-state index >= 15 is 0 Å². The molecule has 18 heavy (non-hydrogen) atoms. The Balaban J connectivity index is 1.97. The lowest BCUT2D eigenvalue weighted by molar-refractivity contribution is -0.122. The molecule has 0 saturated carbocycles. The van der Waals surface area contributed by atoms with Crippen molar-refractivity contribution < 1.29 is 19.0 Å². The average Bonchev–Trinajstić information content (AvgIpc) is 2.74. The van der Waals surface area contributed by atoms with Crippen LogP contribution in [0.3, 0.4) is 0 Å². The Morgan fingerprint density at radius 3 is 3.17 bits per heavy atom. The first-order valence-corrected chi connectivity index (χ1v) is 5.37. The molecule has 2 aliphatic heterocycles. The zero-order valence-electron chi connectivity index (χ0n) is 9.49. The minimum Gasteiger partial charge on any atom is -0.394 e. The van der Waals surface area contributed by atoms with E-state index in [1.807, 2.05) is 0 Å². The van der Waals surface area contributed by atoms with Gasteiger partial charge in [0.05, 0.1) is 12.9 Å². The zero-order valence-corrected chi connectivity index (χ0v) is 9.49. The third-order valence-electron chi connectivity index (χ3n) is 2.62. The van der Waals surface area contributed by atoms with Crippen molar-refractivity contribution in [1.82, 2.24) is 10.2 Å². The molecule has 8 nitrogen and oxygen atoms in total. The molecule has 0 bridgehead atoms. The normalized spacial score (nSPS) is 27.8. The molecule has 0 radical (unpaired) electrons. The molecule has 2 heterocycles. The fraction of sp³-hybridized carbons (Fsp3) is 0.667. The lowest BCUT2D eigenvalue weighted by Crippen LogP contribution is -2.54. The second-order valence-electron chi connectivity index (χ2n) is 3.90. The van der Waals surface area contributed by atoms with Gasteiger partial charge in [-0.3, -0.25) is 15.1 Å². The Morgan fingerprint density at radius 1 is 1.72 bits per heavy atom. The molecule has 0 aromatic carbocycles. The first-order chi connectivity index (χ1) is 8.65. The van der Waals surface area contributed by atoms with Crippen molar-refractivity contribution in [2.24, 2.45) is 15.7 Å². The van der Waals surface area contributed by atoms with Crippen LogP contribution in [0.15, 0.2) is 9.98 Å². The topological polar surface area (TPSA) is 113 Å². The van der Waals surface area contributed by atoms with Crippen molar-refractivity contribution in [3.05, 3.63) is 0 Å². The van der Waals surface area contributed by atoms with Gasteiger partial charge in [0.2, 0.25) is 0 Å². The van der Waals surface area contributed by atoms with E-state index in [2.05, 4.69) is 15.3 Å². The standard InChI is InChI=1S/C9H14FN5O3/c10-1-5(2-16)18-4-15-3-12-6-7(15)13-9(11)14-8(6)17/h3,5-7,16H,1-2,4H2,(H3,11,13,14,17)/i10-1. The molecule has 0 fully saturated rings. The minimum absolute atomic E-state index is 0.0148. The smallest absolute Gasteiger partial charge is 0.255 e. The van der Waals surface area contributed by atoms with Crippen LogP contribution >= 0.6 is 0 Å². The van der Waals surface area contributed by atoms with E-state index in [-0.39, 0.29) is 18.6 Å². The highest BCUT2D eigenvalue weighted by atomic mass is 18.2. The quantitative estimate of drug-likeness (QED) is 0.517. The number of amides is 1. The van der Waals surface area contributed by atoms with Gasteiger partial charge in [0, 0.05) is 0 Å². The molecule has 0 saturated heterocycles. The Kier molecular flexibility index (Phi) is 3.72. The molecule has 0 aromatic heterocycles. The van der Waals surface area contributed by atoms with E-state index in [1.54, 1.807) is 0 Å². The summed E-state index contributed by atoms with van der Waals surface area (Å²) in [5.74, 6) is -0.323. The number of rotatable bonds is 5. The summed E-state index contributed by atoms with van der Waals surface area (Å²) < 4.78 is 17.5. The van der Waals surface area contributed by atoms with E-state index in [0.29, 0.717) is 0 Å². The first-order valence-electron chi connectivity index (χ1n) is 5.37. The third kappa shape index (κ3) is 2.41. The molecule has 2 rings (SSSR count). The maximum atomic E-state index is 12.3. The van der Waals surface area contributed by atoms with Gasteiger partial charge in [-0.05, 0) is 0 Å². The van der Waals surface area contributed by atoms with Crippen molar-refractivity contribution in [3.8, 4) is 0 Å². The first kappa shape index (κ1) is 12.7. The monoisotopic (exact) mass is 258 g/mol. The summed E-state index contributed by atoms with van der Waals surface area (Å²) in [7, 11) is 0. The molecule has 0 aliphatic carbocycles. The number of guanidine groups is 1. The molecular weight excluding hydrogens is 244 g/mol. The Morgan fingerprint density at radius 2 is 2.50 bits per heavy atom. The molecule has 0 spiro atoms. The van der Waals surface area contributed by atoms with Gasteiger partial charge in [-0.25, -0.2) is 9.38 Å². The Labute approximate surface area is 102 Å². The highest BCUT2D eigenvalue weighted by Gasteiger charge is 2.39. The van der Waals surface area contributed by atoms with Gasteiger partial charge in [0.1, 0.15) is 19.5 Å². The molecule has 3 unspecified atom stereocenters. The number of halogens is 1. The van der Waals surface area contributed by atoms with Crippen molar-refractivity contribution in [2.75, 3.05) is 20.0 Å². The van der Waals surface area contributed by atoms with E-state index in [0.717, 1.165) is 0 Å². The van der Waals surface area contributed by atoms with Gasteiger partial charge >= 0.3 is 0 Å². The van der Waals surface area contributed by atoms with Crippen LogP contribution in [0.25, 0.3) is 0 Å². The predicted molar refractivity (Wildman–Crippen MR) is 60.5 cm³/mol. The Bertz CT molecular complexity index is 384. The number of alkyl halides is 1. The van der Waals surface area contributed by atoms with Gasteiger partial charge in [0.25, 0.3) is 5.91 Å². The highest BCUT2D eigenvalue weighted by molar-refractivity contribution is 6.02. The molecule has 2 aliphatic rings. The predicted octanol–water partition coefficient (Wildman–Crippen LogP) is -2.23. The number of fused-ring (bicyclic) bond motifs is 1. The fourth-order valence-corrected chi connectivity index (χ4v) is 1.65. The largest absolute Gasteiger partial charge is 0.394 e. The van der Waals surface area contributed by atoms with Crippen molar-refractivity contribution in [3.63, 3.8) is 0 Å². The van der Waals surface area contributed by atoms with Crippen LogP contribution in [0.1, 0.15) is 0 Å². The summed E-state index contributed by atoms with van der Waals surface area (Å²) in [5.41, 5.74) is 5.45. The van der Waals surface area contributed by atoms with Crippen molar-refractivity contribution >= 4 is 18.2 Å². The number of hydrogen-bond donors (Lipinski definition) is 3. The maximum Gasteiger partial charge on any atom is 0.255 e. The second kappa shape index (κ2) is 5.27. The fourth-order valence-electron chi connectivity index (χ4n) is 1.65. The number of aliphatic imine (C=N–C) groups is 2. The number of nitrogens with zero attached hydrogens (tertiary/aromatic N) is 3. The van der Waals surface area contributed by atoms with Crippen LogP contribution in [-0.4, -0.2) is 66.5 Å². The van der Waals surface area contributed by atoms with Gasteiger partial charge in [-0.15, -0.1) is 0 Å². The summed E-state index contributed by atoms with van der Waals surface area (Å²) >= 11 is 0. The average molecular weight is 258 g/mol. The second-order valence-corrected chi connectivity index (χ2v) is 3.90. The lowest BCUT2D eigenvalue weighted by Gasteiger charge is -2.28. The summed E-state index contributed by atoms with van der Waals surface area (Å²) in [4.78, 5) is 21.1. The number of nitrogens with two attached hydrogens (primary N) is 1. The van der Waals surface area contributed by atoms with Crippen LogP contribution < -0.4 is 11.1 Å². The van der Waals surface area contributed by atoms with Crippen LogP contribution in [0, 0.1) is 0 Å². The number of aliphatic hydroxyl groups excluding tert-OH is 1. The van der Waals surface area contributed by atoms with Gasteiger partial charge < -0.3 is 20.5 Å². The van der Waals surface area contributed by atoms with Gasteiger partial charge in [-0.1, -0.05) is 0 Å². The third-order valence-corrected chi connectivity index (χ3v) is 2.62. The van der Waals surface area contributed by atoms with Crippen molar-refractivity contribution in [2.45, 2.75) is 18.3 Å². The van der Waals surface area contributed by atoms with Gasteiger partial charge in [0.15, 0.2) is 18.2 Å². The maximum absolute atomic E-state index is 12.3. The molecular formula is C9H14FN5O3. The molecule has 100 valence electrons. The van der Waals surface area contributed by atoms with Crippen molar-refractivity contribution in [1.29, 1.82) is 0 Å². The molecule has 9 heteroatoms. The van der Waals surface area contributed by atoms with E-state index in [1.165, 1.54) is 11.2 Å². The SMILES string of the molecule is NC1=NC2C(N=CN2COC(CO)C[18F])C(=O)N1. The molecule has 1 amide bonds. The number of nitrogens with one attached hydrogen (secondary N) is 1. The Hall–Kier alpha value is -1.74. The summed E-state index contributed by atoms with van der Waals surface area (Å²) in [5, 5.41) is 11.2. The zero-order chi connectivity index (χ0) is 13.1. The number of ether oxygens (including phenoxy) is 1. The van der Waals surface area contributed by atoms with Crippen LogP contribution in [-0.2, 0) is 9.53 Å². The lowest BCUT2D eigenvalue weighted by atomic mass is 10.2. The summed E-state index contributed by atoms with van der Waals surface area (Å²) in [6.45, 7) is -1.23. The van der Waals surface area contributed by atoms with Crippen LogP contribution in [0.4, 0.5) is 4.39 Å². The summed E-state index contributed by atoms with van der Waals surface area (Å²) in [6.07, 6.45) is -0.0576. The number of carbonyl (C=O) groups excluding carboxylic acids is 1. The number of hydrogen-bond acceptors (Lipinski definition) is 7. The van der Waals surface area contributed by atoms with Gasteiger partial charge in [-0.2, -0.15) is 0 Å². The van der Waals surface area contributed by atoms with Crippen LogP contribution in [0.5, 0.6) is 0 Å². The highest BCUT2D eigenvalue weighted by Crippen LogP contribution is 2.18. The summed E-state index contributed by atoms with van der Waals surface area (Å²) in [6, 6.07) is -0.668. The van der Waals surface area contributed by atoms with E-state index in [4.69, 9.17) is 15.6 Å². The molecule has 3 atom stereocenters.